The number of likely N-dealkylation sites (tertiary alicyclic amines) is 1. The zero-order valence-corrected chi connectivity index (χ0v) is 10.6. The van der Waals surface area contributed by atoms with Crippen molar-refractivity contribution in [2.45, 2.75) is 44.2 Å². The summed E-state index contributed by atoms with van der Waals surface area (Å²) in [6, 6.07) is 0. The minimum atomic E-state index is -0.375. The van der Waals surface area contributed by atoms with Gasteiger partial charge in [-0.1, -0.05) is 6.92 Å². The van der Waals surface area contributed by atoms with E-state index in [4.69, 9.17) is 10.5 Å². The van der Waals surface area contributed by atoms with E-state index < -0.39 is 0 Å². The van der Waals surface area contributed by atoms with Gasteiger partial charge in [-0.3, -0.25) is 0 Å². The summed E-state index contributed by atoms with van der Waals surface area (Å²) >= 11 is 0. The maximum Gasteiger partial charge on any atom is 0.0710 e. The zero-order chi connectivity index (χ0) is 12.0. The molecule has 0 aliphatic carbocycles. The van der Waals surface area contributed by atoms with Gasteiger partial charge >= 0.3 is 0 Å². The summed E-state index contributed by atoms with van der Waals surface area (Å²) in [5, 5.41) is 9.20. The molecule has 4 heteroatoms. The molecule has 2 atom stereocenters. The molecule has 0 spiro atoms. The van der Waals surface area contributed by atoms with Crippen LogP contribution in [0.4, 0.5) is 0 Å². The Labute approximate surface area is 98.8 Å². The lowest BCUT2D eigenvalue weighted by molar-refractivity contribution is 0.107. The first-order valence-electron chi connectivity index (χ1n) is 6.28. The van der Waals surface area contributed by atoms with E-state index >= 15 is 0 Å². The van der Waals surface area contributed by atoms with Crippen molar-refractivity contribution < 1.29 is 9.84 Å². The molecule has 1 aliphatic heterocycles. The largest absolute Gasteiger partial charge is 0.394 e. The van der Waals surface area contributed by atoms with Crippen LogP contribution in [0.2, 0.25) is 0 Å². The smallest absolute Gasteiger partial charge is 0.0710 e. The number of nitrogens with two attached hydrogens (primary N) is 1. The Bertz CT molecular complexity index is 195. The van der Waals surface area contributed by atoms with Gasteiger partial charge in [0.2, 0.25) is 0 Å². The Hall–Kier alpha value is -0.160. The Morgan fingerprint density at radius 1 is 1.56 bits per heavy atom. The van der Waals surface area contributed by atoms with Crippen LogP contribution in [-0.4, -0.2) is 55.0 Å². The number of aliphatic hydroxyl groups excluding tert-OH is 1. The molecule has 1 heterocycles. The molecule has 16 heavy (non-hydrogen) atoms. The van der Waals surface area contributed by atoms with Crippen LogP contribution >= 0.6 is 0 Å². The quantitative estimate of drug-likeness (QED) is 0.672. The predicted molar refractivity (Wildman–Crippen MR) is 65.4 cm³/mol. The molecular weight excluding hydrogens is 204 g/mol. The number of hydrogen-bond donors (Lipinski definition) is 2. The van der Waals surface area contributed by atoms with Crippen molar-refractivity contribution >= 4 is 0 Å². The highest BCUT2D eigenvalue weighted by Gasteiger charge is 2.24. The van der Waals surface area contributed by atoms with Gasteiger partial charge in [0.05, 0.1) is 12.7 Å². The highest BCUT2D eigenvalue weighted by atomic mass is 16.5. The van der Waals surface area contributed by atoms with Crippen molar-refractivity contribution in [1.82, 2.24) is 4.90 Å². The summed E-state index contributed by atoms with van der Waals surface area (Å²) < 4.78 is 5.32. The molecule has 3 N–H and O–H groups in total. The second-order valence-electron chi connectivity index (χ2n) is 4.92. The first-order valence-corrected chi connectivity index (χ1v) is 6.28. The number of nitrogens with zero attached hydrogens (tertiary/aromatic N) is 1. The van der Waals surface area contributed by atoms with E-state index in [0.29, 0.717) is 6.10 Å². The van der Waals surface area contributed by atoms with E-state index in [1.54, 1.807) is 7.11 Å². The molecule has 0 radical (unpaired) electrons. The second kappa shape index (κ2) is 6.55. The van der Waals surface area contributed by atoms with Crippen LogP contribution in [0.1, 0.15) is 32.6 Å². The summed E-state index contributed by atoms with van der Waals surface area (Å²) in [4.78, 5) is 2.42. The lowest BCUT2D eigenvalue weighted by Crippen LogP contribution is -2.43. The molecule has 1 fully saturated rings. The molecule has 1 rings (SSSR count). The monoisotopic (exact) mass is 230 g/mol. The number of ether oxygens (including phenoxy) is 1. The van der Waals surface area contributed by atoms with Gasteiger partial charge in [-0.2, -0.15) is 0 Å². The molecule has 96 valence electrons. The summed E-state index contributed by atoms with van der Waals surface area (Å²) in [5.74, 6) is 0. The number of methoxy groups -OCH3 is 1. The fourth-order valence-corrected chi connectivity index (χ4v) is 2.21. The van der Waals surface area contributed by atoms with Crippen molar-refractivity contribution in [3.8, 4) is 0 Å². The van der Waals surface area contributed by atoms with E-state index in [2.05, 4.69) is 4.90 Å². The van der Waals surface area contributed by atoms with Gasteiger partial charge in [0.15, 0.2) is 0 Å². The number of rotatable bonds is 7. The molecular formula is C12H26N2O2. The maximum atomic E-state index is 9.20. The van der Waals surface area contributed by atoms with E-state index in [-0.39, 0.29) is 12.1 Å². The van der Waals surface area contributed by atoms with Crippen molar-refractivity contribution in [3.63, 3.8) is 0 Å². The lowest BCUT2D eigenvalue weighted by atomic mass is 9.92. The zero-order valence-electron chi connectivity index (χ0n) is 10.6. The molecule has 0 saturated carbocycles. The minimum Gasteiger partial charge on any atom is -0.394 e. The third-order valence-corrected chi connectivity index (χ3v) is 3.73. The lowest BCUT2D eigenvalue weighted by Gasteiger charge is -2.26. The molecule has 0 bridgehead atoms. The normalized spacial score (nSPS) is 25.9. The standard InChI is InChI=1S/C12H26N2O2/c1-3-12(13,10-15)6-4-7-14-8-5-11(9-14)16-2/h11,15H,3-10,13H2,1-2H3. The van der Waals surface area contributed by atoms with Gasteiger partial charge in [0, 0.05) is 25.7 Å². The number of hydrogen-bond acceptors (Lipinski definition) is 4. The summed E-state index contributed by atoms with van der Waals surface area (Å²) in [5.41, 5.74) is 5.67. The molecule has 1 aliphatic rings. The maximum absolute atomic E-state index is 9.20. The van der Waals surface area contributed by atoms with Crippen LogP contribution < -0.4 is 5.73 Å². The van der Waals surface area contributed by atoms with Crippen molar-refractivity contribution in [2.24, 2.45) is 5.73 Å². The van der Waals surface area contributed by atoms with Gasteiger partial charge in [0.1, 0.15) is 0 Å². The van der Waals surface area contributed by atoms with E-state index in [9.17, 15) is 5.11 Å². The third-order valence-electron chi connectivity index (χ3n) is 3.73. The fraction of sp³-hybridized carbons (Fsp3) is 1.00. The van der Waals surface area contributed by atoms with Crippen molar-refractivity contribution in [3.05, 3.63) is 0 Å². The van der Waals surface area contributed by atoms with Crippen LogP contribution in [-0.2, 0) is 4.74 Å². The molecule has 1 saturated heterocycles. The van der Waals surface area contributed by atoms with Gasteiger partial charge in [-0.15, -0.1) is 0 Å². The van der Waals surface area contributed by atoms with E-state index in [0.717, 1.165) is 45.3 Å². The van der Waals surface area contributed by atoms with Crippen LogP contribution in [0.3, 0.4) is 0 Å². The van der Waals surface area contributed by atoms with Crippen LogP contribution in [0.25, 0.3) is 0 Å². The molecule has 2 unspecified atom stereocenters. The van der Waals surface area contributed by atoms with E-state index in [1.807, 2.05) is 6.92 Å². The topological polar surface area (TPSA) is 58.7 Å². The van der Waals surface area contributed by atoms with Gasteiger partial charge < -0.3 is 20.5 Å². The van der Waals surface area contributed by atoms with Crippen LogP contribution in [0.15, 0.2) is 0 Å². The predicted octanol–water partition coefficient (Wildman–Crippen LogP) is 0.587. The van der Waals surface area contributed by atoms with Crippen molar-refractivity contribution in [1.29, 1.82) is 0 Å². The average molecular weight is 230 g/mol. The fourth-order valence-electron chi connectivity index (χ4n) is 2.21. The number of aliphatic hydroxyl groups is 1. The Morgan fingerprint density at radius 3 is 2.81 bits per heavy atom. The minimum absolute atomic E-state index is 0.0875. The molecule has 0 aromatic rings. The Kier molecular flexibility index (Phi) is 5.69. The van der Waals surface area contributed by atoms with Crippen LogP contribution in [0, 0.1) is 0 Å². The van der Waals surface area contributed by atoms with Gasteiger partial charge in [0.25, 0.3) is 0 Å². The molecule has 0 aromatic heterocycles. The summed E-state index contributed by atoms with van der Waals surface area (Å²) in [7, 11) is 1.78. The SMILES string of the molecule is CCC(N)(CO)CCCN1CCC(OC)C1. The van der Waals surface area contributed by atoms with Crippen molar-refractivity contribution in [2.75, 3.05) is 33.4 Å². The van der Waals surface area contributed by atoms with Gasteiger partial charge in [-0.05, 0) is 32.2 Å². The first-order chi connectivity index (χ1) is 7.63. The summed E-state index contributed by atoms with van der Waals surface area (Å²) in [6.07, 6.45) is 4.34. The molecule has 0 amide bonds. The Balaban J connectivity index is 2.16. The van der Waals surface area contributed by atoms with E-state index in [1.165, 1.54) is 0 Å². The average Bonchev–Trinajstić information content (AvgIpc) is 2.77. The van der Waals surface area contributed by atoms with Gasteiger partial charge in [-0.25, -0.2) is 0 Å². The molecule has 4 nitrogen and oxygen atoms in total. The highest BCUT2D eigenvalue weighted by Crippen LogP contribution is 2.16. The third kappa shape index (κ3) is 4.01. The Morgan fingerprint density at radius 2 is 2.31 bits per heavy atom. The molecule has 0 aromatic carbocycles. The second-order valence-corrected chi connectivity index (χ2v) is 4.92. The summed E-state index contributed by atoms with van der Waals surface area (Å²) in [6.45, 7) is 5.36. The highest BCUT2D eigenvalue weighted by molar-refractivity contribution is 4.83. The van der Waals surface area contributed by atoms with Crippen LogP contribution in [0.5, 0.6) is 0 Å². The first kappa shape index (κ1) is 13.9.